The molecular formula is C14H20BrNO2. The van der Waals surface area contributed by atoms with Crippen molar-refractivity contribution in [3.63, 3.8) is 0 Å². The summed E-state index contributed by atoms with van der Waals surface area (Å²) in [5, 5.41) is 3.18. The molecule has 0 aliphatic carbocycles. The van der Waals surface area contributed by atoms with Crippen LogP contribution in [0.15, 0.2) is 28.7 Å². The molecule has 1 aromatic carbocycles. The van der Waals surface area contributed by atoms with Crippen LogP contribution in [0.1, 0.15) is 24.5 Å². The van der Waals surface area contributed by atoms with Crippen molar-refractivity contribution in [2.75, 3.05) is 26.8 Å². The van der Waals surface area contributed by atoms with Crippen LogP contribution in [0.5, 0.6) is 0 Å². The Morgan fingerprint density at radius 2 is 2.33 bits per heavy atom. The first-order chi connectivity index (χ1) is 8.81. The lowest BCUT2D eigenvalue weighted by atomic mass is 10.1. The Bertz CT molecular complexity index is 367. The summed E-state index contributed by atoms with van der Waals surface area (Å²) in [5.74, 6) is 0. The molecule has 18 heavy (non-hydrogen) atoms. The van der Waals surface area contributed by atoms with Gasteiger partial charge in [-0.05, 0) is 31.5 Å². The third-order valence-corrected chi connectivity index (χ3v) is 3.87. The van der Waals surface area contributed by atoms with Gasteiger partial charge in [0, 0.05) is 17.6 Å². The van der Waals surface area contributed by atoms with Crippen molar-refractivity contribution in [1.82, 2.24) is 5.32 Å². The van der Waals surface area contributed by atoms with E-state index in [9.17, 15) is 0 Å². The van der Waals surface area contributed by atoms with Gasteiger partial charge in [0.2, 0.25) is 0 Å². The molecule has 0 amide bonds. The predicted octanol–water partition coefficient (Wildman–Crippen LogP) is 2.91. The summed E-state index contributed by atoms with van der Waals surface area (Å²) in [6.45, 7) is 2.35. The lowest BCUT2D eigenvalue weighted by molar-refractivity contribution is -0.0206. The lowest BCUT2D eigenvalue weighted by Crippen LogP contribution is -2.24. The lowest BCUT2D eigenvalue weighted by Gasteiger charge is -2.21. The molecule has 2 unspecified atom stereocenters. The first-order valence-corrected chi connectivity index (χ1v) is 7.23. The zero-order chi connectivity index (χ0) is 12.8. The second-order valence-corrected chi connectivity index (χ2v) is 5.39. The number of ether oxygens (including phenoxy) is 2. The van der Waals surface area contributed by atoms with Crippen molar-refractivity contribution in [2.24, 2.45) is 0 Å². The second kappa shape index (κ2) is 7.24. The van der Waals surface area contributed by atoms with Crippen molar-refractivity contribution in [1.29, 1.82) is 0 Å². The Morgan fingerprint density at radius 1 is 1.50 bits per heavy atom. The third-order valence-electron chi connectivity index (χ3n) is 3.15. The zero-order valence-electron chi connectivity index (χ0n) is 10.7. The molecule has 0 aromatic heterocycles. The minimum atomic E-state index is 0.0646. The van der Waals surface area contributed by atoms with Crippen LogP contribution in [-0.4, -0.2) is 32.9 Å². The molecule has 1 saturated heterocycles. The van der Waals surface area contributed by atoms with E-state index >= 15 is 0 Å². The Labute approximate surface area is 117 Å². The van der Waals surface area contributed by atoms with Crippen LogP contribution in [-0.2, 0) is 9.47 Å². The van der Waals surface area contributed by atoms with Crippen LogP contribution in [0.4, 0.5) is 0 Å². The van der Waals surface area contributed by atoms with E-state index in [-0.39, 0.29) is 12.2 Å². The minimum Gasteiger partial charge on any atom is -0.376 e. The van der Waals surface area contributed by atoms with Gasteiger partial charge in [-0.1, -0.05) is 34.1 Å². The number of likely N-dealkylation sites (N-methyl/N-ethyl adjacent to an activating group) is 1. The summed E-state index contributed by atoms with van der Waals surface area (Å²) < 4.78 is 12.7. The maximum absolute atomic E-state index is 6.02. The average molecular weight is 314 g/mol. The van der Waals surface area contributed by atoms with E-state index in [1.54, 1.807) is 0 Å². The van der Waals surface area contributed by atoms with Gasteiger partial charge >= 0.3 is 0 Å². The highest BCUT2D eigenvalue weighted by Gasteiger charge is 2.20. The molecule has 2 atom stereocenters. The first kappa shape index (κ1) is 14.0. The average Bonchev–Trinajstić information content (AvgIpc) is 2.88. The zero-order valence-corrected chi connectivity index (χ0v) is 12.3. The summed E-state index contributed by atoms with van der Waals surface area (Å²) in [6.07, 6.45) is 2.60. The van der Waals surface area contributed by atoms with Gasteiger partial charge in [-0.3, -0.25) is 0 Å². The summed E-state index contributed by atoms with van der Waals surface area (Å²) in [4.78, 5) is 0. The number of nitrogens with one attached hydrogen (secondary N) is 1. The molecule has 1 aliphatic heterocycles. The molecule has 4 heteroatoms. The molecule has 1 fully saturated rings. The van der Waals surface area contributed by atoms with Gasteiger partial charge in [0.1, 0.15) is 0 Å². The number of benzene rings is 1. The topological polar surface area (TPSA) is 30.5 Å². The Hall–Kier alpha value is -0.420. The van der Waals surface area contributed by atoms with Crippen LogP contribution in [0.3, 0.4) is 0 Å². The van der Waals surface area contributed by atoms with Gasteiger partial charge in [0.25, 0.3) is 0 Å². The molecule has 0 radical (unpaired) electrons. The molecule has 100 valence electrons. The third kappa shape index (κ3) is 3.79. The maximum atomic E-state index is 6.02. The van der Waals surface area contributed by atoms with Gasteiger partial charge in [-0.15, -0.1) is 0 Å². The van der Waals surface area contributed by atoms with Crippen LogP contribution in [0, 0.1) is 0 Å². The molecule has 1 aliphatic rings. The Balaban J connectivity index is 1.96. The van der Waals surface area contributed by atoms with Crippen molar-refractivity contribution in [3.05, 3.63) is 34.3 Å². The molecule has 1 N–H and O–H groups in total. The van der Waals surface area contributed by atoms with Crippen LogP contribution in [0.25, 0.3) is 0 Å². The van der Waals surface area contributed by atoms with E-state index in [1.807, 2.05) is 25.2 Å². The van der Waals surface area contributed by atoms with Crippen LogP contribution in [0.2, 0.25) is 0 Å². The van der Waals surface area contributed by atoms with Gasteiger partial charge in [0.15, 0.2) is 0 Å². The highest BCUT2D eigenvalue weighted by molar-refractivity contribution is 9.10. The van der Waals surface area contributed by atoms with Crippen molar-refractivity contribution in [2.45, 2.75) is 25.0 Å². The quantitative estimate of drug-likeness (QED) is 0.876. The Morgan fingerprint density at radius 3 is 3.00 bits per heavy atom. The molecular weight excluding hydrogens is 294 g/mol. The smallest absolute Gasteiger partial charge is 0.0961 e. The number of hydrogen-bond acceptors (Lipinski definition) is 3. The van der Waals surface area contributed by atoms with E-state index in [2.05, 4.69) is 27.3 Å². The Kier molecular flexibility index (Phi) is 5.63. The van der Waals surface area contributed by atoms with E-state index in [0.29, 0.717) is 6.61 Å². The van der Waals surface area contributed by atoms with E-state index in [4.69, 9.17) is 9.47 Å². The monoisotopic (exact) mass is 313 g/mol. The molecule has 3 nitrogen and oxygen atoms in total. The highest BCUT2D eigenvalue weighted by Crippen LogP contribution is 2.26. The summed E-state index contributed by atoms with van der Waals surface area (Å²) in [5.41, 5.74) is 1.19. The highest BCUT2D eigenvalue weighted by atomic mass is 79.9. The molecule has 0 saturated carbocycles. The SMILES string of the molecule is CNCC(OCC1CCCO1)c1ccccc1Br. The van der Waals surface area contributed by atoms with E-state index in [1.165, 1.54) is 5.56 Å². The van der Waals surface area contributed by atoms with Gasteiger partial charge < -0.3 is 14.8 Å². The molecule has 0 bridgehead atoms. The van der Waals surface area contributed by atoms with E-state index in [0.717, 1.165) is 30.5 Å². The van der Waals surface area contributed by atoms with Gasteiger partial charge in [-0.25, -0.2) is 0 Å². The fourth-order valence-corrected chi connectivity index (χ4v) is 2.72. The predicted molar refractivity (Wildman–Crippen MR) is 75.7 cm³/mol. The second-order valence-electron chi connectivity index (χ2n) is 4.54. The fraction of sp³-hybridized carbons (Fsp3) is 0.571. The molecule has 1 aromatic rings. The molecule has 2 rings (SSSR count). The first-order valence-electron chi connectivity index (χ1n) is 6.43. The summed E-state index contributed by atoms with van der Waals surface area (Å²) in [7, 11) is 1.94. The number of halogens is 1. The van der Waals surface area contributed by atoms with E-state index < -0.39 is 0 Å². The van der Waals surface area contributed by atoms with Crippen molar-refractivity contribution < 1.29 is 9.47 Å². The normalized spacial score (nSPS) is 21.1. The molecule has 1 heterocycles. The number of hydrogen-bond donors (Lipinski definition) is 1. The maximum Gasteiger partial charge on any atom is 0.0961 e. The fourth-order valence-electron chi connectivity index (χ4n) is 2.18. The van der Waals surface area contributed by atoms with Gasteiger partial charge in [0.05, 0.1) is 18.8 Å². The molecule has 0 spiro atoms. The summed E-state index contributed by atoms with van der Waals surface area (Å²) in [6, 6.07) is 8.21. The van der Waals surface area contributed by atoms with Crippen LogP contribution >= 0.6 is 15.9 Å². The van der Waals surface area contributed by atoms with Gasteiger partial charge in [-0.2, -0.15) is 0 Å². The van der Waals surface area contributed by atoms with Crippen molar-refractivity contribution in [3.8, 4) is 0 Å². The standard InChI is InChI=1S/C14H20BrNO2/c1-16-9-14(12-6-2-3-7-13(12)15)18-10-11-5-4-8-17-11/h2-3,6-7,11,14,16H,4-5,8-10H2,1H3. The largest absolute Gasteiger partial charge is 0.376 e. The summed E-state index contributed by atoms with van der Waals surface area (Å²) >= 11 is 3.58. The minimum absolute atomic E-state index is 0.0646. The number of rotatable bonds is 6. The van der Waals surface area contributed by atoms with Crippen molar-refractivity contribution >= 4 is 15.9 Å². The van der Waals surface area contributed by atoms with Crippen LogP contribution < -0.4 is 5.32 Å².